The molecule has 0 N–H and O–H groups in total. The lowest BCUT2D eigenvalue weighted by molar-refractivity contribution is 0.532. The van der Waals surface area contributed by atoms with Crippen molar-refractivity contribution in [3.05, 3.63) is 183 Å². The Morgan fingerprint density at radius 3 is 2.49 bits per heavy atom. The molecule has 0 aliphatic heterocycles. The fourth-order valence-electron chi connectivity index (χ4n) is 11.0. The van der Waals surface area contributed by atoms with E-state index in [1.165, 1.54) is 67.9 Å². The molecule has 1 aromatic heterocycles. The minimum atomic E-state index is -0.237. The van der Waals surface area contributed by atoms with E-state index >= 15 is 0 Å². The van der Waals surface area contributed by atoms with Gasteiger partial charge in [0.05, 0.1) is 22.5 Å². The van der Waals surface area contributed by atoms with Gasteiger partial charge in [-0.15, -0.1) is 0 Å². The molecule has 4 aromatic rings. The summed E-state index contributed by atoms with van der Waals surface area (Å²) in [5, 5.41) is 0. The molecule has 0 saturated heterocycles. The van der Waals surface area contributed by atoms with Gasteiger partial charge >= 0.3 is 0 Å². The number of aromatic nitrogens is 2. The van der Waals surface area contributed by atoms with Crippen LogP contribution in [0, 0.1) is 5.92 Å². The predicted molar refractivity (Wildman–Crippen MR) is 221 cm³/mol. The summed E-state index contributed by atoms with van der Waals surface area (Å²) in [7, 11) is 0. The summed E-state index contributed by atoms with van der Waals surface area (Å²) < 4.78 is 2.51. The summed E-state index contributed by atoms with van der Waals surface area (Å²) in [6, 6.07) is 25.9. The molecule has 3 aromatic carbocycles. The van der Waals surface area contributed by atoms with Gasteiger partial charge in [-0.3, -0.25) is 0 Å². The van der Waals surface area contributed by atoms with E-state index in [9.17, 15) is 0 Å². The molecular weight excluding hydrogens is 641 g/mol. The average Bonchev–Trinajstić information content (AvgIpc) is 3.85. The van der Waals surface area contributed by atoms with Gasteiger partial charge in [0.25, 0.3) is 0 Å². The zero-order valence-electron chi connectivity index (χ0n) is 30.7. The van der Waals surface area contributed by atoms with Crippen LogP contribution in [0.15, 0.2) is 150 Å². The molecule has 7 aliphatic rings. The van der Waals surface area contributed by atoms with Gasteiger partial charge in [-0.2, -0.15) is 0 Å². The largest absolute Gasteiger partial charge is 0.317 e. The summed E-state index contributed by atoms with van der Waals surface area (Å²) in [6.45, 7) is 2.26. The Kier molecular flexibility index (Phi) is 7.19. The molecule has 3 atom stereocenters. The third kappa shape index (κ3) is 4.67. The van der Waals surface area contributed by atoms with Crippen LogP contribution < -0.4 is 0 Å². The first-order valence-electron chi connectivity index (χ1n) is 20.1. The number of hydrogen-bond acceptors (Lipinski definition) is 1. The van der Waals surface area contributed by atoms with Gasteiger partial charge < -0.3 is 4.57 Å². The molecule has 0 saturated carbocycles. The molecule has 0 fully saturated rings. The molecular formula is C51H46N2. The van der Waals surface area contributed by atoms with Gasteiger partial charge in [-0.1, -0.05) is 120 Å². The van der Waals surface area contributed by atoms with Crippen LogP contribution in [0.25, 0.3) is 33.3 Å². The zero-order valence-corrected chi connectivity index (χ0v) is 30.7. The Hall–Kier alpha value is -5.21. The monoisotopic (exact) mass is 686 g/mol. The summed E-state index contributed by atoms with van der Waals surface area (Å²) in [6.07, 6.45) is 35.1. The molecule has 0 bridgehead atoms. The standard InChI is InChI=1S/C51H46N2/c1-33-19-21-34(22-20-33)37-27-29-42-43-30-28-38(32-47(43)51(46(42)31-37)44-15-7-5-13-40(44)41-14-6-8-16-45(41)51)35-23-25-36(26-24-35)50-52-48-17-9-10-18-49(48)53(50)39-11-3-2-4-12-39/h2-5,7-11,13,15-19,21,25,27,29,31-32,35,39H,6,12,14,20,22-24,26,28,30H2,1H3/t35-,39?,51?/m1/s1. The fraction of sp³-hybridized carbons (Fsp3) is 0.275. The van der Waals surface area contributed by atoms with E-state index in [2.05, 4.69) is 139 Å². The third-order valence-corrected chi connectivity index (χ3v) is 13.5. The Morgan fingerprint density at radius 1 is 0.736 bits per heavy atom. The van der Waals surface area contributed by atoms with Gasteiger partial charge in [-0.05, 0) is 157 Å². The molecule has 1 heterocycles. The second-order valence-corrected chi connectivity index (χ2v) is 16.3. The Labute approximate surface area is 313 Å². The van der Waals surface area contributed by atoms with Crippen molar-refractivity contribution in [1.82, 2.24) is 9.55 Å². The van der Waals surface area contributed by atoms with Crippen LogP contribution in [-0.2, 0) is 5.41 Å². The van der Waals surface area contributed by atoms with Gasteiger partial charge in [0.2, 0.25) is 0 Å². The average molecular weight is 687 g/mol. The smallest absolute Gasteiger partial charge is 0.137 e. The Bertz CT molecular complexity index is 2530. The molecule has 1 spiro atoms. The number of fused-ring (bicyclic) bond motifs is 9. The summed E-state index contributed by atoms with van der Waals surface area (Å²) >= 11 is 0. The molecule has 260 valence electrons. The topological polar surface area (TPSA) is 17.8 Å². The van der Waals surface area contributed by atoms with E-state index in [4.69, 9.17) is 4.98 Å². The summed E-state index contributed by atoms with van der Waals surface area (Å²) in [5.41, 5.74) is 21.8. The van der Waals surface area contributed by atoms with E-state index < -0.39 is 0 Å². The quantitative estimate of drug-likeness (QED) is 0.209. The van der Waals surface area contributed by atoms with Crippen molar-refractivity contribution in [2.24, 2.45) is 5.92 Å². The molecule has 2 nitrogen and oxygen atoms in total. The highest BCUT2D eigenvalue weighted by Gasteiger charge is 2.53. The van der Waals surface area contributed by atoms with Gasteiger partial charge in [-0.25, -0.2) is 4.98 Å². The van der Waals surface area contributed by atoms with Crippen LogP contribution in [0.3, 0.4) is 0 Å². The SMILES string of the molecule is CC1=CC=C(c2ccc3c(c2)C2(C4=C(CCC=C4)c4ccccc42)C2=C3CCC([C@@H]3CC=C(c4nc5ccccc5n4C4C=CC=CC4)CC3)=C2)CC1. The number of para-hydroxylation sites is 2. The molecule has 0 radical (unpaired) electrons. The maximum absolute atomic E-state index is 5.26. The van der Waals surface area contributed by atoms with E-state index in [0.29, 0.717) is 12.0 Å². The highest BCUT2D eigenvalue weighted by molar-refractivity contribution is 5.97. The lowest BCUT2D eigenvalue weighted by atomic mass is 9.66. The summed E-state index contributed by atoms with van der Waals surface area (Å²) in [5.74, 6) is 1.73. The lowest BCUT2D eigenvalue weighted by Crippen LogP contribution is -2.29. The van der Waals surface area contributed by atoms with Crippen LogP contribution in [0.4, 0.5) is 0 Å². The normalized spacial score (nSPS) is 25.6. The highest BCUT2D eigenvalue weighted by atomic mass is 15.1. The number of allylic oxidation sites excluding steroid dienone is 18. The first kappa shape index (κ1) is 31.3. The first-order chi connectivity index (χ1) is 26.2. The fourth-order valence-corrected chi connectivity index (χ4v) is 11.0. The van der Waals surface area contributed by atoms with Crippen LogP contribution in [0.5, 0.6) is 0 Å². The second-order valence-electron chi connectivity index (χ2n) is 16.3. The maximum atomic E-state index is 5.26. The number of rotatable bonds is 4. The minimum absolute atomic E-state index is 0.237. The van der Waals surface area contributed by atoms with Crippen LogP contribution in [0.1, 0.15) is 111 Å². The lowest BCUT2D eigenvalue weighted by Gasteiger charge is -2.36. The van der Waals surface area contributed by atoms with Crippen LogP contribution in [0.2, 0.25) is 0 Å². The minimum Gasteiger partial charge on any atom is -0.317 e. The number of imidazole rings is 1. The number of hydrogen-bond donors (Lipinski definition) is 0. The molecule has 7 aliphatic carbocycles. The van der Waals surface area contributed by atoms with Crippen LogP contribution in [-0.4, -0.2) is 9.55 Å². The van der Waals surface area contributed by atoms with E-state index in [0.717, 1.165) is 63.3 Å². The highest BCUT2D eigenvalue weighted by Crippen LogP contribution is 2.65. The van der Waals surface area contributed by atoms with Crippen LogP contribution >= 0.6 is 0 Å². The summed E-state index contributed by atoms with van der Waals surface area (Å²) in [4.78, 5) is 5.26. The zero-order chi connectivity index (χ0) is 35.1. The van der Waals surface area contributed by atoms with Crippen molar-refractivity contribution in [2.75, 3.05) is 0 Å². The first-order valence-corrected chi connectivity index (χ1v) is 20.1. The number of benzene rings is 3. The second kappa shape index (κ2) is 12.2. The maximum Gasteiger partial charge on any atom is 0.137 e. The third-order valence-electron chi connectivity index (χ3n) is 13.5. The molecule has 2 unspecified atom stereocenters. The van der Waals surface area contributed by atoms with Gasteiger partial charge in [0.15, 0.2) is 0 Å². The molecule has 0 amide bonds. The predicted octanol–water partition coefficient (Wildman–Crippen LogP) is 13.0. The molecule has 53 heavy (non-hydrogen) atoms. The van der Waals surface area contributed by atoms with Crippen molar-refractivity contribution in [3.63, 3.8) is 0 Å². The van der Waals surface area contributed by atoms with E-state index in [-0.39, 0.29) is 5.41 Å². The van der Waals surface area contributed by atoms with Crippen molar-refractivity contribution in [1.29, 1.82) is 0 Å². The molecule has 2 heteroatoms. The van der Waals surface area contributed by atoms with Crippen molar-refractivity contribution >= 4 is 33.3 Å². The van der Waals surface area contributed by atoms with Crippen molar-refractivity contribution in [2.45, 2.75) is 82.6 Å². The van der Waals surface area contributed by atoms with Crippen molar-refractivity contribution in [3.8, 4) is 0 Å². The number of nitrogens with zero attached hydrogens (tertiary/aromatic N) is 2. The Morgan fingerprint density at radius 2 is 1.62 bits per heavy atom. The van der Waals surface area contributed by atoms with E-state index in [1.807, 2.05) is 0 Å². The van der Waals surface area contributed by atoms with Crippen molar-refractivity contribution < 1.29 is 0 Å². The van der Waals surface area contributed by atoms with Gasteiger partial charge in [0.1, 0.15) is 5.82 Å². The van der Waals surface area contributed by atoms with E-state index in [1.54, 1.807) is 22.3 Å². The van der Waals surface area contributed by atoms with Gasteiger partial charge in [0, 0.05) is 0 Å². The Balaban J connectivity index is 1.01. The molecule has 11 rings (SSSR count).